The van der Waals surface area contributed by atoms with Crippen LogP contribution in [0.5, 0.6) is 5.75 Å². The fraction of sp³-hybridized carbons (Fsp3) is 0.174. The van der Waals surface area contributed by atoms with Gasteiger partial charge in [0.2, 0.25) is 10.0 Å². The Kier molecular flexibility index (Phi) is 7.22. The Hall–Kier alpha value is -3.30. The second-order valence-electron chi connectivity index (χ2n) is 6.97. The minimum absolute atomic E-state index is 0.158. The molecule has 0 heterocycles. The van der Waals surface area contributed by atoms with Crippen molar-refractivity contribution in [2.45, 2.75) is 24.5 Å². The molecule has 0 aliphatic heterocycles. The summed E-state index contributed by atoms with van der Waals surface area (Å²) in [7, 11) is -3.00. The molecule has 0 saturated carbocycles. The zero-order valence-corrected chi connectivity index (χ0v) is 18.2. The zero-order chi connectivity index (χ0) is 23.3. The molecule has 3 aromatic carbocycles. The normalized spacial score (nSPS) is 12.2. The first-order valence-electron chi connectivity index (χ1n) is 9.53. The molecular formula is C23H21F2NO5S. The summed E-state index contributed by atoms with van der Waals surface area (Å²) in [6.07, 6.45) is 0. The van der Waals surface area contributed by atoms with Crippen LogP contribution in [-0.2, 0) is 26.2 Å². The van der Waals surface area contributed by atoms with Crippen LogP contribution in [0, 0.1) is 18.6 Å². The van der Waals surface area contributed by atoms with Gasteiger partial charge in [-0.05, 0) is 66.1 Å². The van der Waals surface area contributed by atoms with Crippen LogP contribution in [-0.4, -0.2) is 21.5 Å². The largest absolute Gasteiger partial charge is 0.489 e. The number of halogens is 2. The molecule has 6 nitrogen and oxygen atoms in total. The number of sulfonamides is 1. The average molecular weight is 461 g/mol. The lowest BCUT2D eigenvalue weighted by Gasteiger charge is -2.18. The molecule has 1 atom stereocenters. The third kappa shape index (κ3) is 5.68. The van der Waals surface area contributed by atoms with E-state index in [1.807, 2.05) is 0 Å². The van der Waals surface area contributed by atoms with Gasteiger partial charge in [-0.2, -0.15) is 4.72 Å². The van der Waals surface area contributed by atoms with E-state index >= 15 is 0 Å². The molecule has 0 aliphatic carbocycles. The topological polar surface area (TPSA) is 81.7 Å². The van der Waals surface area contributed by atoms with Gasteiger partial charge in [0.05, 0.1) is 12.0 Å². The van der Waals surface area contributed by atoms with E-state index in [4.69, 9.17) is 9.47 Å². The van der Waals surface area contributed by atoms with Crippen LogP contribution in [0.15, 0.2) is 71.6 Å². The predicted molar refractivity (Wildman–Crippen MR) is 113 cm³/mol. The molecule has 0 aliphatic rings. The highest BCUT2D eigenvalue weighted by Crippen LogP contribution is 2.23. The number of rotatable bonds is 8. The number of carbonyl (C=O) groups is 1. The fourth-order valence-electron chi connectivity index (χ4n) is 2.88. The summed E-state index contributed by atoms with van der Waals surface area (Å²) in [5.74, 6) is -1.22. The molecule has 0 spiro atoms. The molecule has 0 saturated heterocycles. The van der Waals surface area contributed by atoms with Crippen molar-refractivity contribution in [3.8, 4) is 5.75 Å². The Bertz CT molecular complexity index is 1200. The highest BCUT2D eigenvalue weighted by Gasteiger charge is 2.28. The number of nitrogens with one attached hydrogen (secondary N) is 1. The smallest absolute Gasteiger partial charge is 0.328 e. The number of hydrogen-bond donors (Lipinski definition) is 1. The minimum atomic E-state index is -4.14. The molecule has 0 bridgehead atoms. The van der Waals surface area contributed by atoms with Crippen LogP contribution >= 0.6 is 0 Å². The quantitative estimate of drug-likeness (QED) is 0.512. The van der Waals surface area contributed by atoms with Crippen LogP contribution in [0.3, 0.4) is 0 Å². The Morgan fingerprint density at radius 2 is 1.66 bits per heavy atom. The Balaban J connectivity index is 1.77. The second-order valence-corrected chi connectivity index (χ2v) is 8.69. The van der Waals surface area contributed by atoms with Crippen LogP contribution in [0.1, 0.15) is 22.7 Å². The second kappa shape index (κ2) is 9.88. The highest BCUT2D eigenvalue weighted by atomic mass is 32.2. The Morgan fingerprint density at radius 3 is 2.25 bits per heavy atom. The summed E-state index contributed by atoms with van der Waals surface area (Å²) in [5, 5.41) is 0. The van der Waals surface area contributed by atoms with E-state index in [2.05, 4.69) is 4.72 Å². The van der Waals surface area contributed by atoms with E-state index in [1.54, 1.807) is 24.3 Å². The van der Waals surface area contributed by atoms with Crippen LogP contribution < -0.4 is 9.46 Å². The maximum atomic E-state index is 13.5. The van der Waals surface area contributed by atoms with Gasteiger partial charge < -0.3 is 9.47 Å². The number of esters is 1. The molecule has 0 fully saturated rings. The van der Waals surface area contributed by atoms with Crippen molar-refractivity contribution in [1.29, 1.82) is 0 Å². The molecule has 0 aromatic heterocycles. The van der Waals surface area contributed by atoms with Crippen LogP contribution in [0.25, 0.3) is 0 Å². The van der Waals surface area contributed by atoms with Gasteiger partial charge in [0.25, 0.3) is 0 Å². The maximum absolute atomic E-state index is 13.5. The van der Waals surface area contributed by atoms with Crippen LogP contribution in [0.4, 0.5) is 8.78 Å². The molecule has 0 amide bonds. The minimum Gasteiger partial charge on any atom is -0.489 e. The lowest BCUT2D eigenvalue weighted by molar-refractivity contribution is -0.142. The maximum Gasteiger partial charge on any atom is 0.328 e. The monoisotopic (exact) mass is 461 g/mol. The van der Waals surface area contributed by atoms with Crippen molar-refractivity contribution in [2.75, 3.05) is 7.11 Å². The van der Waals surface area contributed by atoms with E-state index in [0.717, 1.165) is 24.8 Å². The fourth-order valence-corrected chi connectivity index (χ4v) is 4.14. The molecule has 0 radical (unpaired) electrons. The van der Waals surface area contributed by atoms with Crippen molar-refractivity contribution in [3.05, 3.63) is 95.1 Å². The van der Waals surface area contributed by atoms with Gasteiger partial charge >= 0.3 is 5.97 Å². The summed E-state index contributed by atoms with van der Waals surface area (Å²) >= 11 is 0. The molecule has 1 N–H and O–H groups in total. The summed E-state index contributed by atoms with van der Waals surface area (Å²) in [4.78, 5) is 12.1. The van der Waals surface area contributed by atoms with E-state index in [9.17, 15) is 22.0 Å². The lowest BCUT2D eigenvalue weighted by atomic mass is 10.1. The van der Waals surface area contributed by atoms with Crippen molar-refractivity contribution in [2.24, 2.45) is 0 Å². The first kappa shape index (κ1) is 23.4. The van der Waals surface area contributed by atoms with Gasteiger partial charge in [-0.15, -0.1) is 0 Å². The summed E-state index contributed by atoms with van der Waals surface area (Å²) in [6, 6.07) is 14.1. The molecule has 32 heavy (non-hydrogen) atoms. The number of ether oxygens (including phenoxy) is 2. The van der Waals surface area contributed by atoms with E-state index in [0.29, 0.717) is 11.3 Å². The average Bonchev–Trinajstić information content (AvgIpc) is 2.79. The molecule has 3 aromatic rings. The molecule has 3 rings (SSSR count). The van der Waals surface area contributed by atoms with E-state index in [-0.39, 0.29) is 22.9 Å². The molecule has 168 valence electrons. The van der Waals surface area contributed by atoms with Crippen molar-refractivity contribution in [3.63, 3.8) is 0 Å². The number of methoxy groups -OCH3 is 1. The zero-order valence-electron chi connectivity index (χ0n) is 17.3. The van der Waals surface area contributed by atoms with E-state index < -0.39 is 27.9 Å². The number of carbonyl (C=O) groups excluding carboxylic acids is 1. The molecular weight excluding hydrogens is 440 g/mol. The predicted octanol–water partition coefficient (Wildman–Crippen LogP) is 4.04. The first-order chi connectivity index (χ1) is 15.2. The SMILES string of the molecule is COC(=O)C(NS(=O)(=O)c1ccc(F)c(C)c1)c1ccc(OCc2ccc(F)cc2)cc1. The van der Waals surface area contributed by atoms with Crippen molar-refractivity contribution >= 4 is 16.0 Å². The Morgan fingerprint density at radius 1 is 1.00 bits per heavy atom. The van der Waals surface area contributed by atoms with Crippen LogP contribution in [0.2, 0.25) is 0 Å². The molecule has 1 unspecified atom stereocenters. The van der Waals surface area contributed by atoms with Gasteiger partial charge in [-0.3, -0.25) is 0 Å². The van der Waals surface area contributed by atoms with Gasteiger partial charge in [0, 0.05) is 0 Å². The first-order valence-corrected chi connectivity index (χ1v) is 11.0. The summed E-state index contributed by atoms with van der Waals surface area (Å²) < 4.78 is 64.7. The highest BCUT2D eigenvalue weighted by molar-refractivity contribution is 7.89. The number of benzene rings is 3. The third-order valence-corrected chi connectivity index (χ3v) is 6.10. The van der Waals surface area contributed by atoms with Crippen molar-refractivity contribution < 1.29 is 31.5 Å². The third-order valence-electron chi connectivity index (χ3n) is 4.68. The van der Waals surface area contributed by atoms with Gasteiger partial charge in [0.1, 0.15) is 30.0 Å². The van der Waals surface area contributed by atoms with Crippen molar-refractivity contribution in [1.82, 2.24) is 4.72 Å². The number of hydrogen-bond acceptors (Lipinski definition) is 5. The van der Waals surface area contributed by atoms with Gasteiger partial charge in [-0.25, -0.2) is 22.0 Å². The standard InChI is InChI=1S/C23H21F2NO5S/c1-15-13-20(11-12-21(15)25)32(28,29)26-22(23(27)30-2)17-5-9-19(10-6-17)31-14-16-3-7-18(24)8-4-16/h3-13,22,26H,14H2,1-2H3. The van der Waals surface area contributed by atoms with Gasteiger partial charge in [0.15, 0.2) is 0 Å². The van der Waals surface area contributed by atoms with E-state index in [1.165, 1.54) is 37.3 Å². The summed E-state index contributed by atoms with van der Waals surface area (Å²) in [6.45, 7) is 1.65. The Labute approximate surface area is 184 Å². The lowest BCUT2D eigenvalue weighted by Crippen LogP contribution is -2.34. The van der Waals surface area contributed by atoms with Gasteiger partial charge in [-0.1, -0.05) is 24.3 Å². The number of aryl methyl sites for hydroxylation is 1. The summed E-state index contributed by atoms with van der Waals surface area (Å²) in [5.41, 5.74) is 1.25. The molecule has 9 heteroatoms.